The summed E-state index contributed by atoms with van der Waals surface area (Å²) in [5, 5.41) is 5.16. The largest absolute Gasteiger partial charge is 0.375 e. The van der Waals surface area contributed by atoms with Crippen LogP contribution in [-0.4, -0.2) is 38.7 Å². The lowest BCUT2D eigenvalue weighted by molar-refractivity contribution is -0.120. The molecule has 9 heteroatoms. The van der Waals surface area contributed by atoms with Crippen molar-refractivity contribution in [2.24, 2.45) is 0 Å². The first kappa shape index (κ1) is 15.9. The smallest absolute Gasteiger partial charge is 0.221 e. The maximum atomic E-state index is 11.4. The summed E-state index contributed by atoms with van der Waals surface area (Å²) in [6.07, 6.45) is 2.73. The summed E-state index contributed by atoms with van der Waals surface area (Å²) in [4.78, 5) is 15.5. The molecule has 0 saturated carbocycles. The molecule has 0 bridgehead atoms. The minimum atomic E-state index is -3.23. The zero-order valence-electron chi connectivity index (χ0n) is 10.7. The number of rotatable bonds is 8. The number of thiazole rings is 1. The van der Waals surface area contributed by atoms with Gasteiger partial charge >= 0.3 is 0 Å². The van der Waals surface area contributed by atoms with E-state index in [2.05, 4.69) is 15.0 Å². The second-order valence-electron chi connectivity index (χ2n) is 4.05. The van der Waals surface area contributed by atoms with Gasteiger partial charge in [0, 0.05) is 24.9 Å². The number of nitrogens with zero attached hydrogens (tertiary/aromatic N) is 1. The number of nitrogens with two attached hydrogens (primary N) is 1. The van der Waals surface area contributed by atoms with Crippen molar-refractivity contribution >= 4 is 32.4 Å². The van der Waals surface area contributed by atoms with Gasteiger partial charge in [0.2, 0.25) is 15.9 Å². The number of hydrogen-bond acceptors (Lipinski definition) is 6. The molecular formula is C10H18N4O3S2. The van der Waals surface area contributed by atoms with Crippen molar-refractivity contribution < 1.29 is 13.2 Å². The van der Waals surface area contributed by atoms with Crippen LogP contribution >= 0.6 is 11.3 Å². The minimum Gasteiger partial charge on any atom is -0.375 e. The predicted molar refractivity (Wildman–Crippen MR) is 75.3 cm³/mol. The van der Waals surface area contributed by atoms with Gasteiger partial charge in [0.1, 0.15) is 0 Å². The molecule has 108 valence electrons. The van der Waals surface area contributed by atoms with Crippen molar-refractivity contribution in [3.8, 4) is 0 Å². The van der Waals surface area contributed by atoms with Gasteiger partial charge in [-0.05, 0) is 12.8 Å². The van der Waals surface area contributed by atoms with Crippen LogP contribution in [0.4, 0.5) is 5.13 Å². The SMILES string of the molecule is CS(=O)(=O)NCCC(=O)NCCCc1csc(N)n1. The lowest BCUT2D eigenvalue weighted by Gasteiger charge is -2.04. The highest BCUT2D eigenvalue weighted by atomic mass is 32.2. The van der Waals surface area contributed by atoms with Crippen molar-refractivity contribution in [2.75, 3.05) is 25.1 Å². The average molecular weight is 306 g/mol. The lowest BCUT2D eigenvalue weighted by Crippen LogP contribution is -2.30. The quantitative estimate of drug-likeness (QED) is 0.571. The first-order valence-corrected chi connectivity index (χ1v) is 8.55. The third-order valence-electron chi connectivity index (χ3n) is 2.22. The number of nitrogens with one attached hydrogen (secondary N) is 2. The Morgan fingerprint density at radius 1 is 1.47 bits per heavy atom. The Kier molecular flexibility index (Phi) is 6.19. The Morgan fingerprint density at radius 3 is 2.79 bits per heavy atom. The monoisotopic (exact) mass is 306 g/mol. The molecule has 0 fully saturated rings. The van der Waals surface area contributed by atoms with Crippen LogP contribution in [0.15, 0.2) is 5.38 Å². The first-order valence-electron chi connectivity index (χ1n) is 5.78. The normalized spacial score (nSPS) is 11.4. The van der Waals surface area contributed by atoms with Crippen LogP contribution in [0, 0.1) is 0 Å². The van der Waals surface area contributed by atoms with Crippen molar-refractivity contribution in [3.05, 3.63) is 11.1 Å². The molecule has 0 radical (unpaired) electrons. The van der Waals surface area contributed by atoms with Crippen LogP contribution in [0.3, 0.4) is 0 Å². The van der Waals surface area contributed by atoms with Crippen LogP contribution in [0.2, 0.25) is 0 Å². The van der Waals surface area contributed by atoms with Gasteiger partial charge in [-0.15, -0.1) is 11.3 Å². The van der Waals surface area contributed by atoms with E-state index in [9.17, 15) is 13.2 Å². The molecule has 4 N–H and O–H groups in total. The number of anilines is 1. The van der Waals surface area contributed by atoms with E-state index < -0.39 is 10.0 Å². The molecule has 19 heavy (non-hydrogen) atoms. The van der Waals surface area contributed by atoms with E-state index in [1.54, 1.807) is 0 Å². The number of amides is 1. The Bertz CT molecular complexity index is 513. The highest BCUT2D eigenvalue weighted by Gasteiger charge is 2.04. The zero-order chi connectivity index (χ0) is 14.3. The van der Waals surface area contributed by atoms with Gasteiger partial charge in [0.25, 0.3) is 0 Å². The molecule has 1 aromatic rings. The number of carbonyl (C=O) groups is 1. The standard InChI is InChI=1S/C10H18N4O3S2/c1-19(16,17)13-6-4-9(15)12-5-2-3-8-7-18-10(11)14-8/h7,13H,2-6H2,1H3,(H2,11,14)(H,12,15). The molecule has 0 aromatic carbocycles. The highest BCUT2D eigenvalue weighted by Crippen LogP contribution is 2.11. The molecule has 0 spiro atoms. The Balaban J connectivity index is 2.07. The fourth-order valence-corrected chi connectivity index (χ4v) is 2.44. The Labute approximate surface area is 116 Å². The van der Waals surface area contributed by atoms with Crippen molar-refractivity contribution in [1.82, 2.24) is 15.0 Å². The summed E-state index contributed by atoms with van der Waals surface area (Å²) in [6.45, 7) is 0.655. The molecular weight excluding hydrogens is 288 g/mol. The molecule has 0 saturated heterocycles. The number of sulfonamides is 1. The van der Waals surface area contributed by atoms with Crippen LogP contribution < -0.4 is 15.8 Å². The molecule has 0 aliphatic rings. The van der Waals surface area contributed by atoms with Crippen molar-refractivity contribution in [1.29, 1.82) is 0 Å². The number of nitrogen functional groups attached to an aromatic ring is 1. The molecule has 1 rings (SSSR count). The molecule has 1 heterocycles. The van der Waals surface area contributed by atoms with E-state index >= 15 is 0 Å². The fraction of sp³-hybridized carbons (Fsp3) is 0.600. The highest BCUT2D eigenvalue weighted by molar-refractivity contribution is 7.88. The minimum absolute atomic E-state index is 0.118. The van der Waals surface area contributed by atoms with Crippen LogP contribution in [0.5, 0.6) is 0 Å². The van der Waals surface area contributed by atoms with E-state index in [1.165, 1.54) is 11.3 Å². The van der Waals surface area contributed by atoms with E-state index in [0.717, 1.165) is 24.8 Å². The fourth-order valence-electron chi connectivity index (χ4n) is 1.37. The number of aromatic nitrogens is 1. The molecule has 0 unspecified atom stereocenters. The summed E-state index contributed by atoms with van der Waals surface area (Å²) >= 11 is 1.40. The maximum Gasteiger partial charge on any atom is 0.221 e. The third kappa shape index (κ3) is 7.75. The second-order valence-corrected chi connectivity index (χ2v) is 6.77. The molecule has 0 atom stereocenters. The number of hydrogen-bond donors (Lipinski definition) is 3. The molecule has 1 amide bonds. The van der Waals surface area contributed by atoms with Crippen LogP contribution in [0.25, 0.3) is 0 Å². The molecule has 1 aromatic heterocycles. The number of aryl methyl sites for hydroxylation is 1. The second kappa shape index (κ2) is 7.41. The Morgan fingerprint density at radius 2 is 2.21 bits per heavy atom. The Hall–Kier alpha value is -1.19. The van der Waals surface area contributed by atoms with Crippen LogP contribution in [-0.2, 0) is 21.2 Å². The van der Waals surface area contributed by atoms with Crippen molar-refractivity contribution in [3.63, 3.8) is 0 Å². The van der Waals surface area contributed by atoms with Gasteiger partial charge < -0.3 is 11.1 Å². The van der Waals surface area contributed by atoms with Gasteiger partial charge in [-0.2, -0.15) is 0 Å². The van der Waals surface area contributed by atoms with E-state index in [-0.39, 0.29) is 18.9 Å². The summed E-state index contributed by atoms with van der Waals surface area (Å²) in [5.74, 6) is -0.172. The third-order valence-corrected chi connectivity index (χ3v) is 3.67. The zero-order valence-corrected chi connectivity index (χ0v) is 12.3. The summed E-state index contributed by atoms with van der Waals surface area (Å²) in [5.41, 5.74) is 6.43. The van der Waals surface area contributed by atoms with Gasteiger partial charge in [0.05, 0.1) is 11.9 Å². The summed E-state index contributed by atoms with van der Waals surface area (Å²) in [7, 11) is -3.23. The predicted octanol–water partition coefficient (Wildman–Crippen LogP) is -0.287. The maximum absolute atomic E-state index is 11.4. The van der Waals surface area contributed by atoms with Gasteiger partial charge in [-0.3, -0.25) is 4.79 Å². The average Bonchev–Trinajstić information content (AvgIpc) is 2.69. The topological polar surface area (TPSA) is 114 Å². The summed E-state index contributed by atoms with van der Waals surface area (Å²) in [6, 6.07) is 0. The lowest BCUT2D eigenvalue weighted by atomic mass is 10.2. The molecule has 0 aliphatic heterocycles. The van der Waals surface area contributed by atoms with E-state index in [0.29, 0.717) is 11.7 Å². The van der Waals surface area contributed by atoms with E-state index in [1.807, 2.05) is 5.38 Å². The van der Waals surface area contributed by atoms with Gasteiger partial charge in [-0.1, -0.05) is 0 Å². The summed E-state index contributed by atoms with van der Waals surface area (Å²) < 4.78 is 23.8. The van der Waals surface area contributed by atoms with Crippen molar-refractivity contribution in [2.45, 2.75) is 19.3 Å². The number of carbonyl (C=O) groups excluding carboxylic acids is 1. The van der Waals surface area contributed by atoms with Gasteiger partial charge in [-0.25, -0.2) is 18.1 Å². The van der Waals surface area contributed by atoms with E-state index in [4.69, 9.17) is 5.73 Å². The molecule has 7 nitrogen and oxygen atoms in total. The first-order chi connectivity index (χ1) is 8.87. The van der Waals surface area contributed by atoms with Gasteiger partial charge in [0.15, 0.2) is 5.13 Å². The van der Waals surface area contributed by atoms with Crippen LogP contribution in [0.1, 0.15) is 18.5 Å². The molecule has 0 aliphatic carbocycles.